The van der Waals surface area contributed by atoms with Crippen LogP contribution in [0.1, 0.15) is 115 Å². The topological polar surface area (TPSA) is 111 Å². The molecule has 8 heteroatoms. The second kappa shape index (κ2) is 12.1. The Balaban J connectivity index is 1.52. The summed E-state index contributed by atoms with van der Waals surface area (Å²) in [7, 11) is 0. The first kappa shape index (κ1) is 36.4. The van der Waals surface area contributed by atoms with Crippen molar-refractivity contribution >= 4 is 17.9 Å². The van der Waals surface area contributed by atoms with E-state index in [-0.39, 0.29) is 57.9 Å². The minimum Gasteiger partial charge on any atom is -0.481 e. The number of esters is 2. The fourth-order valence-corrected chi connectivity index (χ4v) is 11.8. The van der Waals surface area contributed by atoms with Crippen LogP contribution in [-0.2, 0) is 28.6 Å². The van der Waals surface area contributed by atoms with E-state index in [0.717, 1.165) is 25.7 Å². The van der Waals surface area contributed by atoms with Gasteiger partial charge in [0.25, 0.3) is 0 Å². The van der Waals surface area contributed by atoms with Gasteiger partial charge in [0.05, 0.1) is 25.7 Å². The molecule has 4 aliphatic carbocycles. The summed E-state index contributed by atoms with van der Waals surface area (Å²) in [5, 5.41) is 14.2. The number of carbonyl (C=O) groups excluding carboxylic acids is 2. The summed E-state index contributed by atoms with van der Waals surface area (Å²) in [6, 6.07) is 0. The monoisotopic (exact) mass is 657 g/mol. The van der Waals surface area contributed by atoms with E-state index in [1.165, 1.54) is 12.5 Å². The Kier molecular flexibility index (Phi) is 9.39. The highest BCUT2D eigenvalue weighted by Crippen LogP contribution is 2.75. The molecule has 3 saturated carbocycles. The Morgan fingerprint density at radius 1 is 1.02 bits per heavy atom. The van der Waals surface area contributed by atoms with E-state index >= 15 is 0 Å². The van der Waals surface area contributed by atoms with Crippen LogP contribution in [0.15, 0.2) is 11.6 Å². The van der Waals surface area contributed by atoms with Gasteiger partial charge in [0.15, 0.2) is 0 Å². The number of carboxylic acid groups (broad SMARTS) is 1. The number of aliphatic carboxylic acids is 1. The summed E-state index contributed by atoms with van der Waals surface area (Å²) in [5.74, 6) is -0.762. The molecule has 0 aromatic heterocycles. The summed E-state index contributed by atoms with van der Waals surface area (Å²) in [6.07, 6.45) is 6.22. The number of allylic oxidation sites excluding steroid dienone is 1. The van der Waals surface area contributed by atoms with Gasteiger partial charge >= 0.3 is 17.9 Å². The maximum Gasteiger partial charge on any atom is 0.320 e. The molecule has 0 unspecified atom stereocenters. The molecule has 266 valence electrons. The third-order valence-electron chi connectivity index (χ3n) is 14.6. The van der Waals surface area contributed by atoms with Gasteiger partial charge in [-0.05, 0) is 83.9 Å². The predicted octanol–water partition coefficient (Wildman–Crippen LogP) is 7.05. The number of hydrogen-bond donors (Lipinski definition) is 2. The van der Waals surface area contributed by atoms with E-state index in [2.05, 4.69) is 80.6 Å². The first-order chi connectivity index (χ1) is 21.7. The van der Waals surface area contributed by atoms with Gasteiger partial charge in [-0.15, -0.1) is 0 Å². The summed E-state index contributed by atoms with van der Waals surface area (Å²) >= 11 is 0. The lowest BCUT2D eigenvalue weighted by atomic mass is 9.34. The molecule has 4 fully saturated rings. The Hall–Kier alpha value is -1.93. The van der Waals surface area contributed by atoms with Crippen molar-refractivity contribution in [3.63, 3.8) is 0 Å². The standard InChI is InChI=1S/C39H63NO7/c1-23(2)24(3)35(8)16-17-37(10)26-12-13-29-36(9)21-45-22-39(29,27(26)14-15-38(37,11)31(35)33(43)44)18-28(46-25(4)41)32(36)47-30(42)19-40-20-34(5,6)7/h14,23-24,26,28-29,31-32,40H,12-13,15-22H2,1-11H3,(H,43,44)/t24-,26+,28-,29+,31-,32+,35-,36-,37-,38+,39-/m1/s1. The first-order valence-electron chi connectivity index (χ1n) is 18.2. The maximum atomic E-state index is 13.4. The van der Waals surface area contributed by atoms with E-state index in [1.54, 1.807) is 0 Å². The van der Waals surface area contributed by atoms with E-state index in [0.29, 0.717) is 38.5 Å². The van der Waals surface area contributed by atoms with Gasteiger partial charge in [-0.1, -0.05) is 80.9 Å². The van der Waals surface area contributed by atoms with E-state index in [1.807, 2.05) is 0 Å². The van der Waals surface area contributed by atoms with Crippen LogP contribution >= 0.6 is 0 Å². The molecule has 2 bridgehead atoms. The maximum absolute atomic E-state index is 13.4. The minimum atomic E-state index is -0.667. The summed E-state index contributed by atoms with van der Waals surface area (Å²) < 4.78 is 18.8. The number of carbonyl (C=O) groups is 3. The Morgan fingerprint density at radius 3 is 2.30 bits per heavy atom. The zero-order chi connectivity index (χ0) is 35.0. The van der Waals surface area contributed by atoms with Gasteiger partial charge in [0.2, 0.25) is 0 Å². The minimum absolute atomic E-state index is 0.0291. The van der Waals surface area contributed by atoms with Crippen LogP contribution in [0.4, 0.5) is 0 Å². The fourth-order valence-electron chi connectivity index (χ4n) is 11.8. The van der Waals surface area contributed by atoms with Crippen LogP contribution in [-0.4, -0.2) is 61.5 Å². The van der Waals surface area contributed by atoms with Crippen LogP contribution in [0.25, 0.3) is 0 Å². The Morgan fingerprint density at radius 2 is 1.70 bits per heavy atom. The van der Waals surface area contributed by atoms with Crippen LogP contribution in [0.5, 0.6) is 0 Å². The molecular formula is C39H63NO7. The molecular weight excluding hydrogens is 594 g/mol. The Labute approximate surface area is 283 Å². The van der Waals surface area contributed by atoms with E-state index in [9.17, 15) is 19.5 Å². The van der Waals surface area contributed by atoms with Gasteiger partial charge in [-0.25, -0.2) is 0 Å². The largest absolute Gasteiger partial charge is 0.481 e. The van der Waals surface area contributed by atoms with Gasteiger partial charge in [-0.3, -0.25) is 14.4 Å². The highest BCUT2D eigenvalue weighted by atomic mass is 16.6. The summed E-state index contributed by atoms with van der Waals surface area (Å²) in [6.45, 7) is 25.3. The first-order valence-corrected chi connectivity index (χ1v) is 18.2. The molecule has 1 heterocycles. The number of ether oxygens (including phenoxy) is 3. The Bertz CT molecular complexity index is 1290. The van der Waals surface area contributed by atoms with Crippen LogP contribution in [0, 0.1) is 62.1 Å². The molecule has 0 amide bonds. The molecule has 0 aromatic rings. The molecule has 0 spiro atoms. The molecule has 8 nitrogen and oxygen atoms in total. The number of rotatable bonds is 8. The van der Waals surface area contributed by atoms with Crippen LogP contribution < -0.4 is 5.32 Å². The molecule has 5 aliphatic rings. The smallest absolute Gasteiger partial charge is 0.320 e. The van der Waals surface area contributed by atoms with Crippen molar-refractivity contribution in [3.05, 3.63) is 11.6 Å². The summed E-state index contributed by atoms with van der Waals surface area (Å²) in [5.41, 5.74) is -0.411. The fraction of sp³-hybridized carbons (Fsp3) is 0.872. The predicted molar refractivity (Wildman–Crippen MR) is 181 cm³/mol. The SMILES string of the molecule is CC(=O)O[C@@H]1C[C@]23COC[C@](C)([C@@H]2CC[C@H]2C3=CC[C@@]3(C)[C@H](C(=O)O)[C@@](C)([C@H](C)C(C)C)CC[C@]23C)[C@H]1OC(=O)CNCC(C)(C)C. The zero-order valence-electron chi connectivity index (χ0n) is 31.1. The normalized spacial score (nSPS) is 43.5. The van der Waals surface area contributed by atoms with Crippen molar-refractivity contribution in [3.8, 4) is 0 Å². The highest BCUT2D eigenvalue weighted by molar-refractivity contribution is 5.73. The molecule has 1 saturated heterocycles. The van der Waals surface area contributed by atoms with Crippen molar-refractivity contribution in [2.75, 3.05) is 26.3 Å². The second-order valence-corrected chi connectivity index (χ2v) is 18.8. The number of hydrogen-bond acceptors (Lipinski definition) is 7. The van der Waals surface area contributed by atoms with Crippen molar-refractivity contribution in [2.24, 2.45) is 62.1 Å². The molecule has 1 aliphatic heterocycles. The third kappa shape index (κ3) is 5.69. The molecule has 0 aromatic carbocycles. The molecule has 11 atom stereocenters. The lowest BCUT2D eigenvalue weighted by Crippen LogP contribution is -2.70. The number of nitrogens with one attached hydrogen (secondary N) is 1. The zero-order valence-corrected chi connectivity index (χ0v) is 31.1. The van der Waals surface area contributed by atoms with Gasteiger partial charge in [0.1, 0.15) is 12.2 Å². The van der Waals surface area contributed by atoms with Gasteiger partial charge in [-0.2, -0.15) is 0 Å². The second-order valence-electron chi connectivity index (χ2n) is 18.8. The average Bonchev–Trinajstić information content (AvgIpc) is 2.94. The van der Waals surface area contributed by atoms with Crippen LogP contribution in [0.2, 0.25) is 0 Å². The van der Waals surface area contributed by atoms with Crippen molar-refractivity contribution in [2.45, 2.75) is 127 Å². The molecule has 5 rings (SSSR count). The lowest BCUT2D eigenvalue weighted by molar-refractivity contribution is -0.262. The van der Waals surface area contributed by atoms with Crippen LogP contribution in [0.3, 0.4) is 0 Å². The molecule has 0 radical (unpaired) electrons. The van der Waals surface area contributed by atoms with Gasteiger partial charge in [0, 0.05) is 24.3 Å². The van der Waals surface area contributed by atoms with Gasteiger partial charge < -0.3 is 24.6 Å². The van der Waals surface area contributed by atoms with E-state index in [4.69, 9.17) is 14.2 Å². The summed E-state index contributed by atoms with van der Waals surface area (Å²) in [4.78, 5) is 39.2. The number of fused-ring (bicyclic) bond motifs is 3. The third-order valence-corrected chi connectivity index (χ3v) is 14.6. The average molecular weight is 658 g/mol. The van der Waals surface area contributed by atoms with Crippen molar-refractivity contribution in [1.82, 2.24) is 5.32 Å². The molecule has 47 heavy (non-hydrogen) atoms. The quantitative estimate of drug-likeness (QED) is 0.211. The van der Waals surface area contributed by atoms with Crippen molar-refractivity contribution in [1.29, 1.82) is 0 Å². The van der Waals surface area contributed by atoms with E-state index < -0.39 is 34.9 Å². The number of carboxylic acids is 1. The molecule has 2 N–H and O–H groups in total. The highest BCUT2D eigenvalue weighted by Gasteiger charge is 2.72. The van der Waals surface area contributed by atoms with Crippen molar-refractivity contribution < 1.29 is 33.7 Å². The lowest BCUT2D eigenvalue weighted by Gasteiger charge is -2.71.